The molecule has 0 saturated heterocycles. The molecule has 0 fully saturated rings. The van der Waals surface area contributed by atoms with Crippen molar-refractivity contribution in [2.24, 2.45) is 0 Å². The van der Waals surface area contributed by atoms with Crippen molar-refractivity contribution in [3.8, 4) is 0 Å². The minimum absolute atomic E-state index is 0.00565. The molecule has 2 aromatic carbocycles. The second-order valence-electron chi connectivity index (χ2n) is 5.79. The van der Waals surface area contributed by atoms with Gasteiger partial charge < -0.3 is 10.1 Å². The Morgan fingerprint density at radius 1 is 1.22 bits per heavy atom. The Morgan fingerprint density at radius 2 is 1.93 bits per heavy atom. The molecule has 2 rings (SSSR count). The highest BCUT2D eigenvalue weighted by Gasteiger charge is 2.18. The first-order chi connectivity index (χ1) is 12.7. The number of nitro groups is 1. The van der Waals surface area contributed by atoms with E-state index in [2.05, 4.69) is 5.32 Å². The summed E-state index contributed by atoms with van der Waals surface area (Å²) in [6, 6.07) is 8.43. The summed E-state index contributed by atoms with van der Waals surface area (Å²) < 4.78 is 4.92. The third-order valence-corrected chi connectivity index (χ3v) is 4.34. The molecular formula is C18H16Cl2N2O5. The summed E-state index contributed by atoms with van der Waals surface area (Å²) in [6.45, 7) is 2.75. The van der Waals surface area contributed by atoms with E-state index >= 15 is 0 Å². The number of carbonyl (C=O) groups is 2. The van der Waals surface area contributed by atoms with E-state index in [0.29, 0.717) is 21.2 Å². The van der Waals surface area contributed by atoms with Gasteiger partial charge in [0.1, 0.15) is 0 Å². The third-order valence-electron chi connectivity index (χ3n) is 3.78. The first-order valence-corrected chi connectivity index (χ1v) is 8.61. The topological polar surface area (TPSA) is 98.5 Å². The van der Waals surface area contributed by atoms with Crippen molar-refractivity contribution in [1.29, 1.82) is 0 Å². The van der Waals surface area contributed by atoms with Crippen LogP contribution < -0.4 is 5.32 Å². The van der Waals surface area contributed by atoms with Gasteiger partial charge in [0.15, 0.2) is 6.61 Å². The number of esters is 1. The lowest BCUT2D eigenvalue weighted by atomic mass is 10.1. The predicted molar refractivity (Wildman–Crippen MR) is 101 cm³/mol. The maximum absolute atomic E-state index is 12.0. The Kier molecular flexibility index (Phi) is 6.76. The molecule has 0 bridgehead atoms. The molecule has 0 aliphatic heterocycles. The minimum atomic E-state index is -0.828. The molecule has 0 radical (unpaired) electrons. The molecule has 0 saturated carbocycles. The molecule has 1 N–H and O–H groups in total. The number of amides is 1. The summed E-state index contributed by atoms with van der Waals surface area (Å²) in [6.07, 6.45) is 0. The molecule has 1 amide bonds. The van der Waals surface area contributed by atoms with E-state index in [1.165, 1.54) is 12.1 Å². The fourth-order valence-electron chi connectivity index (χ4n) is 2.36. The number of nitrogens with zero attached hydrogens (tertiary/aromatic N) is 1. The van der Waals surface area contributed by atoms with Crippen molar-refractivity contribution in [2.45, 2.75) is 19.9 Å². The average Bonchev–Trinajstić information content (AvgIpc) is 2.59. The van der Waals surface area contributed by atoms with Gasteiger partial charge >= 0.3 is 5.97 Å². The molecule has 1 unspecified atom stereocenters. The van der Waals surface area contributed by atoms with Gasteiger partial charge in [-0.25, -0.2) is 4.79 Å². The molecule has 0 aliphatic carbocycles. The van der Waals surface area contributed by atoms with Gasteiger partial charge in [-0.15, -0.1) is 0 Å². The number of hydrogen-bond donors (Lipinski definition) is 1. The van der Waals surface area contributed by atoms with E-state index in [1.807, 2.05) is 0 Å². The number of rotatable bonds is 6. The Labute approximate surface area is 165 Å². The van der Waals surface area contributed by atoms with E-state index in [0.717, 1.165) is 6.07 Å². The summed E-state index contributed by atoms with van der Waals surface area (Å²) in [5, 5.41) is 14.5. The lowest BCUT2D eigenvalue weighted by Crippen LogP contribution is -2.31. The van der Waals surface area contributed by atoms with Crippen LogP contribution in [-0.2, 0) is 9.53 Å². The quantitative estimate of drug-likeness (QED) is 0.436. The van der Waals surface area contributed by atoms with Crippen molar-refractivity contribution < 1.29 is 19.2 Å². The largest absolute Gasteiger partial charge is 0.452 e. The standard InChI is InChI=1S/C18H16Cl2N2O5/c1-10-3-4-12(7-16(10)22(25)26)18(24)27-9-17(23)21-11(2)14-6-5-13(19)8-15(14)20/h3-8,11H,9H2,1-2H3,(H,21,23). The molecule has 27 heavy (non-hydrogen) atoms. The number of carbonyl (C=O) groups excluding carboxylic acids is 2. The van der Waals surface area contributed by atoms with Gasteiger partial charge in [-0.05, 0) is 37.6 Å². The van der Waals surface area contributed by atoms with E-state index in [4.69, 9.17) is 27.9 Å². The average molecular weight is 411 g/mol. The second kappa shape index (κ2) is 8.83. The number of ether oxygens (including phenoxy) is 1. The van der Waals surface area contributed by atoms with Gasteiger partial charge in [0.05, 0.1) is 16.5 Å². The fourth-order valence-corrected chi connectivity index (χ4v) is 2.93. The summed E-state index contributed by atoms with van der Waals surface area (Å²) >= 11 is 11.9. The van der Waals surface area contributed by atoms with E-state index in [-0.39, 0.29) is 11.3 Å². The molecule has 0 heterocycles. The smallest absolute Gasteiger partial charge is 0.338 e. The third kappa shape index (κ3) is 5.42. The second-order valence-corrected chi connectivity index (χ2v) is 6.63. The zero-order valence-corrected chi connectivity index (χ0v) is 16.0. The normalized spacial score (nSPS) is 11.6. The van der Waals surface area contributed by atoms with Crippen LogP contribution in [0.5, 0.6) is 0 Å². The van der Waals surface area contributed by atoms with E-state index in [9.17, 15) is 19.7 Å². The summed E-state index contributed by atoms with van der Waals surface area (Å²) in [7, 11) is 0. The van der Waals surface area contributed by atoms with Crippen LogP contribution in [0.25, 0.3) is 0 Å². The lowest BCUT2D eigenvalue weighted by Gasteiger charge is -2.16. The molecule has 0 spiro atoms. The minimum Gasteiger partial charge on any atom is -0.452 e. The maximum Gasteiger partial charge on any atom is 0.338 e. The zero-order chi connectivity index (χ0) is 20.1. The van der Waals surface area contributed by atoms with Crippen molar-refractivity contribution in [1.82, 2.24) is 5.32 Å². The Bertz CT molecular complexity index is 901. The van der Waals surface area contributed by atoms with Gasteiger partial charge in [-0.2, -0.15) is 0 Å². The number of hydrogen-bond acceptors (Lipinski definition) is 5. The first-order valence-electron chi connectivity index (χ1n) is 7.85. The number of nitrogens with one attached hydrogen (secondary N) is 1. The van der Waals surface area contributed by atoms with Crippen LogP contribution in [0.4, 0.5) is 5.69 Å². The number of benzene rings is 2. The van der Waals surface area contributed by atoms with Crippen LogP contribution in [-0.4, -0.2) is 23.4 Å². The van der Waals surface area contributed by atoms with E-state index < -0.39 is 29.4 Å². The molecule has 9 heteroatoms. The molecule has 7 nitrogen and oxygen atoms in total. The summed E-state index contributed by atoms with van der Waals surface area (Å²) in [5.74, 6) is -1.37. The lowest BCUT2D eigenvalue weighted by molar-refractivity contribution is -0.385. The van der Waals surface area contributed by atoms with Crippen LogP contribution >= 0.6 is 23.2 Å². The zero-order valence-electron chi connectivity index (χ0n) is 14.5. The van der Waals surface area contributed by atoms with Gasteiger partial charge in [0.2, 0.25) is 0 Å². The SMILES string of the molecule is Cc1ccc(C(=O)OCC(=O)NC(C)c2ccc(Cl)cc2Cl)cc1[N+](=O)[O-]. The van der Waals surface area contributed by atoms with Crippen molar-refractivity contribution in [3.05, 3.63) is 73.2 Å². The Hall–Kier alpha value is -2.64. The monoisotopic (exact) mass is 410 g/mol. The van der Waals surface area contributed by atoms with Crippen molar-refractivity contribution >= 4 is 40.8 Å². The van der Waals surface area contributed by atoms with Gasteiger partial charge in [-0.3, -0.25) is 14.9 Å². The molecule has 0 aliphatic rings. The first kappa shape index (κ1) is 20.7. The number of halogens is 2. The molecule has 2 aromatic rings. The number of aryl methyl sites for hydroxylation is 1. The van der Waals surface area contributed by atoms with Crippen LogP contribution in [0, 0.1) is 17.0 Å². The fraction of sp³-hybridized carbons (Fsp3) is 0.222. The number of nitro benzene ring substituents is 1. The highest BCUT2D eigenvalue weighted by Crippen LogP contribution is 2.26. The maximum atomic E-state index is 12.0. The van der Waals surface area contributed by atoms with Gasteiger partial charge in [0.25, 0.3) is 11.6 Å². The van der Waals surface area contributed by atoms with Crippen LogP contribution in [0.2, 0.25) is 10.0 Å². The molecule has 142 valence electrons. The Morgan fingerprint density at radius 3 is 2.56 bits per heavy atom. The molecule has 1 atom stereocenters. The van der Waals surface area contributed by atoms with Crippen molar-refractivity contribution in [3.63, 3.8) is 0 Å². The molecule has 0 aromatic heterocycles. The predicted octanol–water partition coefficient (Wildman–Crippen LogP) is 4.24. The van der Waals surface area contributed by atoms with Crippen LogP contribution in [0.1, 0.15) is 34.5 Å². The van der Waals surface area contributed by atoms with Gasteiger partial charge in [0, 0.05) is 21.7 Å². The highest BCUT2D eigenvalue weighted by molar-refractivity contribution is 6.35. The van der Waals surface area contributed by atoms with Crippen molar-refractivity contribution in [2.75, 3.05) is 6.61 Å². The van der Waals surface area contributed by atoms with Crippen LogP contribution in [0.15, 0.2) is 36.4 Å². The van der Waals surface area contributed by atoms with E-state index in [1.54, 1.807) is 32.0 Å². The Balaban J connectivity index is 1.96. The molecular weight excluding hydrogens is 395 g/mol. The van der Waals surface area contributed by atoms with Crippen LogP contribution in [0.3, 0.4) is 0 Å². The van der Waals surface area contributed by atoms with Gasteiger partial charge in [-0.1, -0.05) is 35.3 Å². The summed E-state index contributed by atoms with van der Waals surface area (Å²) in [5.41, 5.74) is 0.881. The highest BCUT2D eigenvalue weighted by atomic mass is 35.5. The summed E-state index contributed by atoms with van der Waals surface area (Å²) in [4.78, 5) is 34.4.